The summed E-state index contributed by atoms with van der Waals surface area (Å²) in [6, 6.07) is 10.3. The Bertz CT molecular complexity index is 518. The minimum Gasteiger partial charge on any atom is -0.499 e. The van der Waals surface area contributed by atoms with Crippen molar-refractivity contribution in [2.75, 3.05) is 0 Å². The van der Waals surface area contributed by atoms with Crippen LogP contribution in [0.1, 0.15) is 75.8 Å². The van der Waals surface area contributed by atoms with Gasteiger partial charge in [-0.15, -0.1) is 0 Å². The summed E-state index contributed by atoms with van der Waals surface area (Å²) in [5.41, 5.74) is 2.15. The molecule has 0 aromatic heterocycles. The van der Waals surface area contributed by atoms with Crippen molar-refractivity contribution in [2.45, 2.75) is 70.8 Å². The van der Waals surface area contributed by atoms with Gasteiger partial charge in [0, 0.05) is 0 Å². The summed E-state index contributed by atoms with van der Waals surface area (Å²) in [7, 11) is 0. The fourth-order valence-electron chi connectivity index (χ4n) is 3.51. The third kappa shape index (κ3) is 5.75. The average Bonchev–Trinajstić information content (AvgIpc) is 2.59. The molecule has 0 spiro atoms. The average molecular weight is 311 g/mol. The molecular weight excluding hydrogens is 282 g/mol. The highest BCUT2D eigenvalue weighted by Crippen LogP contribution is 2.37. The molecule has 124 valence electrons. The van der Waals surface area contributed by atoms with E-state index in [1.807, 2.05) is 18.4 Å². The second-order valence-electron chi connectivity index (χ2n) is 6.79. The lowest BCUT2D eigenvalue weighted by Gasteiger charge is -2.30. The van der Waals surface area contributed by atoms with Crippen LogP contribution in [0.25, 0.3) is 0 Å². The third-order valence-electron chi connectivity index (χ3n) is 4.89. The van der Waals surface area contributed by atoms with Gasteiger partial charge in [-0.1, -0.05) is 25.5 Å². The maximum atomic E-state index is 8.88. The van der Waals surface area contributed by atoms with E-state index >= 15 is 0 Å². The summed E-state index contributed by atoms with van der Waals surface area (Å²) in [6.07, 6.45) is 12.9. The molecule has 0 N–H and O–H groups in total. The van der Waals surface area contributed by atoms with E-state index in [2.05, 4.69) is 38.1 Å². The number of nitrogens with zero attached hydrogens (tertiary/aromatic N) is 1. The molecule has 2 nitrogen and oxygen atoms in total. The van der Waals surface area contributed by atoms with Crippen LogP contribution in [0.5, 0.6) is 0 Å². The second-order valence-corrected chi connectivity index (χ2v) is 6.79. The molecule has 1 aromatic carbocycles. The third-order valence-corrected chi connectivity index (χ3v) is 4.89. The Morgan fingerprint density at radius 2 is 1.91 bits per heavy atom. The molecule has 1 atom stereocenters. The van der Waals surface area contributed by atoms with Gasteiger partial charge in [-0.25, -0.2) is 0 Å². The van der Waals surface area contributed by atoms with Crippen LogP contribution in [-0.2, 0) is 4.74 Å². The lowest BCUT2D eigenvalue weighted by molar-refractivity contribution is 0.120. The van der Waals surface area contributed by atoms with Gasteiger partial charge in [0.2, 0.25) is 0 Å². The molecular formula is C21H29NO. The van der Waals surface area contributed by atoms with Crippen LogP contribution in [0.2, 0.25) is 0 Å². The van der Waals surface area contributed by atoms with Gasteiger partial charge in [0.15, 0.2) is 0 Å². The van der Waals surface area contributed by atoms with Gasteiger partial charge < -0.3 is 4.74 Å². The van der Waals surface area contributed by atoms with Crippen LogP contribution in [0.15, 0.2) is 36.6 Å². The summed E-state index contributed by atoms with van der Waals surface area (Å²) < 4.78 is 5.77. The van der Waals surface area contributed by atoms with E-state index in [0.29, 0.717) is 12.0 Å². The quantitative estimate of drug-likeness (QED) is 0.584. The Kier molecular flexibility index (Phi) is 7.20. The molecule has 1 saturated carbocycles. The molecule has 0 radical (unpaired) electrons. The van der Waals surface area contributed by atoms with Crippen molar-refractivity contribution in [1.82, 2.24) is 0 Å². The minimum atomic E-state index is 0.319. The first-order valence-electron chi connectivity index (χ1n) is 9.03. The summed E-state index contributed by atoms with van der Waals surface area (Å²) in [6.45, 7) is 4.36. The Balaban J connectivity index is 1.74. The van der Waals surface area contributed by atoms with Crippen molar-refractivity contribution in [3.8, 4) is 6.07 Å². The number of unbranched alkanes of at least 4 members (excludes halogenated alkanes) is 1. The van der Waals surface area contributed by atoms with E-state index in [1.165, 1.54) is 37.7 Å². The van der Waals surface area contributed by atoms with Crippen LogP contribution >= 0.6 is 0 Å². The zero-order valence-electron chi connectivity index (χ0n) is 14.5. The molecule has 23 heavy (non-hydrogen) atoms. The number of hydrogen-bond acceptors (Lipinski definition) is 2. The predicted octanol–water partition coefficient (Wildman–Crippen LogP) is 5.94. The van der Waals surface area contributed by atoms with E-state index in [0.717, 1.165) is 24.3 Å². The van der Waals surface area contributed by atoms with Gasteiger partial charge >= 0.3 is 0 Å². The number of rotatable bonds is 7. The zero-order valence-corrected chi connectivity index (χ0v) is 14.5. The number of ether oxygens (including phenoxy) is 1. The van der Waals surface area contributed by atoms with E-state index in [9.17, 15) is 0 Å². The molecule has 0 bridgehead atoms. The monoisotopic (exact) mass is 311 g/mol. The standard InChI is InChI=1S/C21H29NO/c1-3-4-5-14-23-17(2)15-18-6-10-20(11-7-18)21-12-8-19(16-22)9-13-21/h5,8-9,12-14,17-18,20H,3-4,6-7,10-11,15H2,1-2H3. The maximum Gasteiger partial charge on any atom is 0.0991 e. The van der Waals surface area contributed by atoms with Crippen molar-refractivity contribution < 1.29 is 4.74 Å². The highest BCUT2D eigenvalue weighted by atomic mass is 16.5. The van der Waals surface area contributed by atoms with E-state index in [1.54, 1.807) is 0 Å². The van der Waals surface area contributed by atoms with Gasteiger partial charge in [-0.05, 0) is 81.1 Å². The van der Waals surface area contributed by atoms with Crippen LogP contribution in [-0.4, -0.2) is 6.10 Å². The first-order valence-corrected chi connectivity index (χ1v) is 9.03. The minimum absolute atomic E-state index is 0.319. The Labute approximate surface area is 141 Å². The molecule has 0 saturated heterocycles. The van der Waals surface area contributed by atoms with Crippen LogP contribution in [0.3, 0.4) is 0 Å². The summed E-state index contributed by atoms with van der Waals surface area (Å²) in [4.78, 5) is 0. The van der Waals surface area contributed by atoms with Gasteiger partial charge in [0.1, 0.15) is 0 Å². The molecule has 1 aliphatic rings. The molecule has 0 amide bonds. The van der Waals surface area contributed by atoms with E-state index in [-0.39, 0.29) is 0 Å². The number of hydrogen-bond donors (Lipinski definition) is 0. The number of allylic oxidation sites excluding steroid dienone is 1. The molecule has 1 aliphatic carbocycles. The normalized spacial score (nSPS) is 22.7. The summed E-state index contributed by atoms with van der Waals surface area (Å²) in [5, 5.41) is 8.88. The zero-order chi connectivity index (χ0) is 16.5. The molecule has 1 fully saturated rings. The summed E-state index contributed by atoms with van der Waals surface area (Å²) in [5.74, 6) is 1.46. The molecule has 0 heterocycles. The van der Waals surface area contributed by atoms with Crippen molar-refractivity contribution in [3.63, 3.8) is 0 Å². The van der Waals surface area contributed by atoms with Crippen molar-refractivity contribution in [1.29, 1.82) is 5.26 Å². The summed E-state index contributed by atoms with van der Waals surface area (Å²) >= 11 is 0. The van der Waals surface area contributed by atoms with Gasteiger partial charge in [0.25, 0.3) is 0 Å². The van der Waals surface area contributed by atoms with Gasteiger partial charge in [0.05, 0.1) is 24.0 Å². The topological polar surface area (TPSA) is 33.0 Å². The fraction of sp³-hybridized carbons (Fsp3) is 0.571. The van der Waals surface area contributed by atoms with Crippen molar-refractivity contribution in [3.05, 3.63) is 47.7 Å². The first-order chi connectivity index (χ1) is 11.2. The van der Waals surface area contributed by atoms with Crippen LogP contribution in [0.4, 0.5) is 0 Å². The van der Waals surface area contributed by atoms with Crippen molar-refractivity contribution >= 4 is 0 Å². The van der Waals surface area contributed by atoms with E-state index < -0.39 is 0 Å². The van der Waals surface area contributed by atoms with Gasteiger partial charge in [-0.3, -0.25) is 0 Å². The predicted molar refractivity (Wildman–Crippen MR) is 95.1 cm³/mol. The Morgan fingerprint density at radius 1 is 1.22 bits per heavy atom. The van der Waals surface area contributed by atoms with E-state index in [4.69, 9.17) is 10.00 Å². The Morgan fingerprint density at radius 3 is 2.52 bits per heavy atom. The van der Waals surface area contributed by atoms with Gasteiger partial charge in [-0.2, -0.15) is 5.26 Å². The van der Waals surface area contributed by atoms with Crippen LogP contribution in [0, 0.1) is 17.2 Å². The molecule has 1 unspecified atom stereocenters. The molecule has 1 aromatic rings. The number of benzene rings is 1. The molecule has 2 heteroatoms. The van der Waals surface area contributed by atoms with Crippen LogP contribution < -0.4 is 0 Å². The number of nitriles is 1. The smallest absolute Gasteiger partial charge is 0.0991 e. The lowest BCUT2D eigenvalue weighted by atomic mass is 9.77. The largest absolute Gasteiger partial charge is 0.499 e. The lowest BCUT2D eigenvalue weighted by Crippen LogP contribution is -2.18. The first kappa shape index (κ1) is 17.6. The second kappa shape index (κ2) is 9.40. The fourth-order valence-corrected chi connectivity index (χ4v) is 3.51. The highest BCUT2D eigenvalue weighted by molar-refractivity contribution is 5.33. The highest BCUT2D eigenvalue weighted by Gasteiger charge is 2.23. The SMILES string of the molecule is CCCC=COC(C)CC1CCC(c2ccc(C#N)cc2)CC1. The molecule has 0 aliphatic heterocycles. The van der Waals surface area contributed by atoms with Crippen molar-refractivity contribution in [2.24, 2.45) is 5.92 Å². The Hall–Kier alpha value is -1.75. The maximum absolute atomic E-state index is 8.88. The molecule has 2 rings (SSSR count).